The van der Waals surface area contributed by atoms with Gasteiger partial charge in [0.25, 0.3) is 5.78 Å². The number of ketones is 1. The van der Waals surface area contributed by atoms with Gasteiger partial charge in [0.05, 0.1) is 39.7 Å². The zero-order valence-electron chi connectivity index (χ0n) is 24.2. The number of methoxy groups -OCH3 is 3. The van der Waals surface area contributed by atoms with Crippen molar-refractivity contribution in [2.24, 2.45) is 12.5 Å². The van der Waals surface area contributed by atoms with Crippen molar-refractivity contribution < 1.29 is 47.7 Å². The number of rotatable bonds is 9. The molecule has 220 valence electrons. The number of piperidine rings is 1. The zero-order valence-corrected chi connectivity index (χ0v) is 24.2. The number of imide groups is 1. The van der Waals surface area contributed by atoms with E-state index in [1.807, 2.05) is 0 Å². The highest BCUT2D eigenvalue weighted by Gasteiger charge is 2.58. The van der Waals surface area contributed by atoms with E-state index in [-0.39, 0.29) is 25.8 Å². The second-order valence-electron chi connectivity index (χ2n) is 10.7. The number of Topliss-reactive ketones (excluding diaryl/α,β-unsaturated/α-hetero) is 1. The molecule has 1 atom stereocenters. The molecule has 1 unspecified atom stereocenters. The van der Waals surface area contributed by atoms with Gasteiger partial charge in [-0.2, -0.15) is 4.79 Å². The molecule has 0 spiro atoms. The number of ether oxygens (including phenoxy) is 4. The van der Waals surface area contributed by atoms with Crippen molar-refractivity contribution in [1.29, 1.82) is 0 Å². The van der Waals surface area contributed by atoms with Crippen molar-refractivity contribution in [3.63, 3.8) is 0 Å². The first-order chi connectivity index (χ1) is 19.2. The van der Waals surface area contributed by atoms with E-state index in [1.165, 1.54) is 14.2 Å². The van der Waals surface area contributed by atoms with E-state index < -0.39 is 52.7 Å². The fourth-order valence-electron chi connectivity index (χ4n) is 5.11. The Kier molecular flexibility index (Phi) is 9.03. The molecule has 2 heterocycles. The predicted octanol–water partition coefficient (Wildman–Crippen LogP) is 2.02. The Hall–Kier alpha value is -4.51. The van der Waals surface area contributed by atoms with Crippen LogP contribution in [0.25, 0.3) is 16.4 Å². The Morgan fingerprint density at radius 1 is 1.10 bits per heavy atom. The molecule has 1 aromatic carbocycles. The third kappa shape index (κ3) is 5.99. The lowest BCUT2D eigenvalue weighted by Crippen LogP contribution is -2.58. The second kappa shape index (κ2) is 11.9. The van der Waals surface area contributed by atoms with Crippen LogP contribution in [0.15, 0.2) is 18.3 Å². The van der Waals surface area contributed by atoms with Crippen LogP contribution in [0.5, 0.6) is 11.5 Å². The molecule has 2 aromatic rings. The van der Waals surface area contributed by atoms with Gasteiger partial charge in [-0.1, -0.05) is 0 Å². The maximum Gasteiger partial charge on any atom is 0.442 e. The summed E-state index contributed by atoms with van der Waals surface area (Å²) < 4.78 is 22.6. The average Bonchev–Trinajstić information content (AvgIpc) is 3.22. The summed E-state index contributed by atoms with van der Waals surface area (Å²) in [4.78, 5) is 69.9. The van der Waals surface area contributed by atoms with Crippen LogP contribution >= 0.6 is 0 Å². The van der Waals surface area contributed by atoms with Crippen molar-refractivity contribution in [3.8, 4) is 11.5 Å². The van der Waals surface area contributed by atoms with Crippen LogP contribution in [0.2, 0.25) is 0 Å². The van der Waals surface area contributed by atoms with Crippen molar-refractivity contribution in [3.05, 3.63) is 29.4 Å². The molecule has 1 saturated heterocycles. The number of carbonyl (C=O) groups is 5. The molecule has 0 aliphatic carbocycles. The minimum absolute atomic E-state index is 0.0211. The van der Waals surface area contributed by atoms with Crippen molar-refractivity contribution in [2.75, 3.05) is 27.9 Å². The number of carbonyl (C=O) groups excluding carboxylic acids is 5. The van der Waals surface area contributed by atoms with E-state index >= 15 is 0 Å². The maximum absolute atomic E-state index is 14.0. The summed E-state index contributed by atoms with van der Waals surface area (Å²) >= 11 is 0. The highest BCUT2D eigenvalue weighted by molar-refractivity contribution is 6.65. The third-order valence-corrected chi connectivity index (χ3v) is 6.84. The molecule has 3 rings (SSSR count). The van der Waals surface area contributed by atoms with Gasteiger partial charge in [-0.15, -0.1) is 0 Å². The van der Waals surface area contributed by atoms with Crippen LogP contribution in [0.1, 0.15) is 45.6 Å². The largest absolute Gasteiger partial charge is 0.493 e. The van der Waals surface area contributed by atoms with E-state index in [4.69, 9.17) is 14.2 Å². The minimum atomic E-state index is -2.22. The normalized spacial score (nSPS) is 17.0. The lowest BCUT2D eigenvalue weighted by molar-refractivity contribution is -0.169. The molecule has 1 aliphatic rings. The molecular weight excluding hydrogens is 536 g/mol. The Morgan fingerprint density at radius 3 is 2.34 bits per heavy atom. The first kappa shape index (κ1) is 31.0. The van der Waals surface area contributed by atoms with Crippen LogP contribution in [-0.2, 0) is 46.9 Å². The van der Waals surface area contributed by atoms with E-state index in [2.05, 4.69) is 9.53 Å². The molecule has 1 aromatic heterocycles. The highest BCUT2D eigenvalue weighted by Crippen LogP contribution is 2.40. The molecule has 1 aliphatic heterocycles. The third-order valence-electron chi connectivity index (χ3n) is 6.84. The molecule has 2 amide bonds. The molecule has 13 nitrogen and oxygen atoms in total. The summed E-state index contributed by atoms with van der Waals surface area (Å²) in [5, 5.41) is 0.694. The number of hydrogen-bond acceptors (Lipinski definition) is 9. The van der Waals surface area contributed by atoms with Gasteiger partial charge >= 0.3 is 17.7 Å². The summed E-state index contributed by atoms with van der Waals surface area (Å²) in [5.74, 6) is -4.07. The SMILES string of the molecule is COC(=O)C(=[N+]=[N-])C(=O)C1(CC(=O)OC(C)(C)C)CCCN(C(=O)Cc2cn(C)c3c(OC)c(OC)ccc23)C1=O. The van der Waals surface area contributed by atoms with Gasteiger partial charge in [0.1, 0.15) is 11.0 Å². The van der Waals surface area contributed by atoms with E-state index in [1.54, 1.807) is 50.7 Å². The maximum atomic E-state index is 14.0. The van der Waals surface area contributed by atoms with Crippen molar-refractivity contribution >= 4 is 46.2 Å². The van der Waals surface area contributed by atoms with Gasteiger partial charge in [0, 0.05) is 25.2 Å². The quantitative estimate of drug-likeness (QED) is 0.144. The Morgan fingerprint density at radius 2 is 1.78 bits per heavy atom. The Balaban J connectivity index is 2.03. The molecular formula is C28H34N4O9. The lowest BCUT2D eigenvalue weighted by Gasteiger charge is -2.38. The Bertz CT molecular complexity index is 1460. The molecule has 13 heteroatoms. The van der Waals surface area contributed by atoms with Gasteiger partial charge in [-0.05, 0) is 51.3 Å². The average molecular weight is 571 g/mol. The van der Waals surface area contributed by atoms with Crippen molar-refractivity contribution in [1.82, 2.24) is 9.47 Å². The van der Waals surface area contributed by atoms with Crippen LogP contribution in [-0.4, -0.2) is 83.0 Å². The first-order valence-electron chi connectivity index (χ1n) is 12.8. The second-order valence-corrected chi connectivity index (χ2v) is 10.7. The smallest absolute Gasteiger partial charge is 0.442 e. The lowest BCUT2D eigenvalue weighted by atomic mass is 9.71. The van der Waals surface area contributed by atoms with Gasteiger partial charge in [0.2, 0.25) is 11.8 Å². The summed E-state index contributed by atoms with van der Waals surface area (Å²) in [6.45, 7) is 4.82. The van der Waals surface area contributed by atoms with Crippen molar-refractivity contribution in [2.45, 2.75) is 52.1 Å². The van der Waals surface area contributed by atoms with E-state index in [0.717, 1.165) is 12.0 Å². The van der Waals surface area contributed by atoms with Crippen LogP contribution in [0.3, 0.4) is 0 Å². The van der Waals surface area contributed by atoms with Crippen LogP contribution < -0.4 is 9.47 Å². The van der Waals surface area contributed by atoms with Crippen LogP contribution in [0.4, 0.5) is 0 Å². The summed E-state index contributed by atoms with van der Waals surface area (Å²) in [5.41, 5.74) is 6.48. The first-order valence-corrected chi connectivity index (χ1v) is 12.8. The number of esters is 2. The van der Waals surface area contributed by atoms with E-state index in [9.17, 15) is 29.5 Å². The molecule has 0 saturated carbocycles. The summed E-state index contributed by atoms with van der Waals surface area (Å²) in [6, 6.07) is 3.47. The molecule has 41 heavy (non-hydrogen) atoms. The number of benzene rings is 1. The van der Waals surface area contributed by atoms with Gasteiger partial charge in [-0.3, -0.25) is 24.1 Å². The molecule has 0 radical (unpaired) electrons. The summed E-state index contributed by atoms with van der Waals surface area (Å²) in [7, 11) is 5.75. The number of fused-ring (bicyclic) bond motifs is 1. The van der Waals surface area contributed by atoms with Crippen LogP contribution in [0, 0.1) is 5.41 Å². The Labute approximate surface area is 236 Å². The molecule has 1 fully saturated rings. The van der Waals surface area contributed by atoms with E-state index in [0.29, 0.717) is 28.0 Å². The fraction of sp³-hybridized carbons (Fsp3) is 0.500. The topological polar surface area (TPSA) is 167 Å². The number of nitrogens with zero attached hydrogens (tertiary/aromatic N) is 4. The number of aromatic nitrogens is 1. The van der Waals surface area contributed by atoms with Gasteiger partial charge in [0.15, 0.2) is 11.5 Å². The molecule has 0 N–H and O–H groups in total. The minimum Gasteiger partial charge on any atom is -0.493 e. The number of aryl methyl sites for hydroxylation is 1. The number of amides is 2. The zero-order chi connectivity index (χ0) is 30.7. The van der Waals surface area contributed by atoms with Gasteiger partial charge < -0.3 is 29.0 Å². The standard InChI is InChI=1S/C28H34N4O9/c1-27(2,3)41-20(34)14-28(24(35)21(30-29)25(36)40-7)11-8-12-32(26(28)37)19(33)13-16-15-31(4)22-17(16)9-10-18(38-5)23(22)39-6/h9-10,15H,8,11-14H2,1-7H3. The van der Waals surface area contributed by atoms with Gasteiger partial charge in [-0.25, -0.2) is 4.79 Å². The monoisotopic (exact) mass is 570 g/mol. The predicted molar refractivity (Wildman–Crippen MR) is 144 cm³/mol. The highest BCUT2D eigenvalue weighted by atomic mass is 16.6. The molecule has 0 bridgehead atoms. The summed E-state index contributed by atoms with van der Waals surface area (Å²) in [6.07, 6.45) is 0.702. The fourth-order valence-corrected chi connectivity index (χ4v) is 5.11. The number of hydrogen-bond donors (Lipinski definition) is 0. The number of likely N-dealkylation sites (tertiary alicyclic amines) is 1.